The Morgan fingerprint density at radius 2 is 1.88 bits per heavy atom. The predicted molar refractivity (Wildman–Crippen MR) is 97.1 cm³/mol. The van der Waals surface area contributed by atoms with Gasteiger partial charge in [0.2, 0.25) is 10.0 Å². The molecule has 0 aliphatic rings. The number of nitro benzene ring substituents is 1. The molecule has 5 N–H and O–H groups in total. The molecule has 2 aromatic carbocycles. The van der Waals surface area contributed by atoms with Gasteiger partial charge in [0, 0.05) is 12.6 Å². The maximum absolute atomic E-state index is 12.8. The van der Waals surface area contributed by atoms with E-state index in [1.54, 1.807) is 12.1 Å². The summed E-state index contributed by atoms with van der Waals surface area (Å²) in [5.74, 6) is -0.355. The molecule has 0 saturated heterocycles. The Bertz CT molecular complexity index is 935. The van der Waals surface area contributed by atoms with Crippen LogP contribution in [0.4, 0.5) is 15.8 Å². The van der Waals surface area contributed by atoms with E-state index in [9.17, 15) is 22.9 Å². The van der Waals surface area contributed by atoms with Gasteiger partial charge < -0.3 is 5.32 Å². The second-order valence-electron chi connectivity index (χ2n) is 5.04. The van der Waals surface area contributed by atoms with E-state index < -0.39 is 20.6 Å². The number of nitrogens with one attached hydrogen (secondary N) is 3. The fourth-order valence-electron chi connectivity index (χ4n) is 1.90. The Balaban J connectivity index is 2.00. The molecule has 0 saturated carbocycles. The maximum Gasteiger partial charge on any atom is 0.295 e. The summed E-state index contributed by atoms with van der Waals surface area (Å²) in [6, 6.07) is 8.93. The Hall–Kier alpha value is -2.83. The van der Waals surface area contributed by atoms with E-state index in [1.165, 1.54) is 18.2 Å². The van der Waals surface area contributed by atoms with Gasteiger partial charge in [-0.1, -0.05) is 12.1 Å². The van der Waals surface area contributed by atoms with Crippen LogP contribution in [0.2, 0.25) is 0 Å². The van der Waals surface area contributed by atoms with Gasteiger partial charge in [0.25, 0.3) is 5.69 Å². The second-order valence-corrected chi connectivity index (χ2v) is 7.01. The number of nitro groups is 1. The summed E-state index contributed by atoms with van der Waals surface area (Å²) in [5.41, 5.74) is 5.35. The van der Waals surface area contributed by atoms with Crippen LogP contribution >= 0.6 is 12.2 Å². The van der Waals surface area contributed by atoms with E-state index in [-0.39, 0.29) is 21.5 Å². The number of benzene rings is 2. The van der Waals surface area contributed by atoms with Crippen LogP contribution in [0.15, 0.2) is 47.4 Å². The molecule has 26 heavy (non-hydrogen) atoms. The van der Waals surface area contributed by atoms with Gasteiger partial charge in [-0.2, -0.15) is 0 Å². The van der Waals surface area contributed by atoms with Gasteiger partial charge in [-0.3, -0.25) is 21.0 Å². The van der Waals surface area contributed by atoms with Crippen molar-refractivity contribution in [2.45, 2.75) is 11.4 Å². The van der Waals surface area contributed by atoms with Crippen molar-refractivity contribution in [3.8, 4) is 0 Å². The lowest BCUT2D eigenvalue weighted by atomic mass is 10.2. The monoisotopic (exact) mass is 399 g/mol. The highest BCUT2D eigenvalue weighted by atomic mass is 32.2. The Morgan fingerprint density at radius 3 is 2.46 bits per heavy atom. The first-order valence-electron chi connectivity index (χ1n) is 7.02. The van der Waals surface area contributed by atoms with E-state index in [1.807, 2.05) is 0 Å². The smallest absolute Gasteiger partial charge is 0.295 e. The number of rotatable bonds is 6. The van der Waals surface area contributed by atoms with Gasteiger partial charge in [-0.15, -0.1) is 0 Å². The van der Waals surface area contributed by atoms with E-state index in [0.29, 0.717) is 6.54 Å². The lowest BCUT2D eigenvalue weighted by Gasteiger charge is -2.13. The summed E-state index contributed by atoms with van der Waals surface area (Å²) in [6.07, 6.45) is 0. The molecule has 2 rings (SSSR count). The van der Waals surface area contributed by atoms with Crippen molar-refractivity contribution < 1.29 is 17.7 Å². The molecular weight excluding hydrogens is 385 g/mol. The standard InChI is InChI=1S/C14H14FN5O4S2/c15-10-3-1-9(2-4-10)8-17-14(25)19-18-12-6-5-11(26(16,23)24)7-13(12)20(21)22/h1-7,18H,8H2,(H2,16,23,24)(H2,17,19,25). The van der Waals surface area contributed by atoms with Crippen molar-refractivity contribution in [2.24, 2.45) is 5.14 Å². The lowest BCUT2D eigenvalue weighted by Crippen LogP contribution is -2.38. The van der Waals surface area contributed by atoms with Crippen LogP contribution in [0.25, 0.3) is 0 Å². The normalized spacial score (nSPS) is 10.8. The highest BCUT2D eigenvalue weighted by Crippen LogP contribution is 2.26. The number of sulfonamides is 1. The van der Waals surface area contributed by atoms with Gasteiger partial charge in [-0.25, -0.2) is 17.9 Å². The summed E-state index contributed by atoms with van der Waals surface area (Å²) in [4.78, 5) is 9.97. The fourth-order valence-corrected chi connectivity index (χ4v) is 2.55. The Morgan fingerprint density at radius 1 is 1.23 bits per heavy atom. The quantitative estimate of drug-likeness (QED) is 0.324. The van der Waals surface area contributed by atoms with E-state index >= 15 is 0 Å². The molecule has 0 atom stereocenters. The largest absolute Gasteiger partial charge is 0.357 e. The minimum Gasteiger partial charge on any atom is -0.357 e. The van der Waals surface area contributed by atoms with Crippen molar-refractivity contribution in [1.82, 2.24) is 10.7 Å². The van der Waals surface area contributed by atoms with Crippen LogP contribution < -0.4 is 21.3 Å². The number of primary sulfonamides is 1. The summed E-state index contributed by atoms with van der Waals surface area (Å²) < 4.78 is 35.4. The lowest BCUT2D eigenvalue weighted by molar-refractivity contribution is -0.384. The zero-order valence-corrected chi connectivity index (χ0v) is 14.7. The fraction of sp³-hybridized carbons (Fsp3) is 0.0714. The average Bonchev–Trinajstić information content (AvgIpc) is 2.58. The number of hydrogen-bond donors (Lipinski definition) is 4. The first-order valence-corrected chi connectivity index (χ1v) is 8.98. The zero-order chi connectivity index (χ0) is 19.3. The number of thiocarbonyl (C=S) groups is 1. The maximum atomic E-state index is 12.8. The molecule has 0 radical (unpaired) electrons. The molecule has 2 aromatic rings. The van der Waals surface area contributed by atoms with Crippen molar-refractivity contribution in [3.63, 3.8) is 0 Å². The number of halogens is 1. The predicted octanol–water partition coefficient (Wildman–Crippen LogP) is 1.37. The van der Waals surface area contributed by atoms with Crippen molar-refractivity contribution in [2.75, 3.05) is 5.43 Å². The zero-order valence-electron chi connectivity index (χ0n) is 13.1. The number of anilines is 1. The van der Waals surface area contributed by atoms with E-state index in [0.717, 1.165) is 17.7 Å². The highest BCUT2D eigenvalue weighted by molar-refractivity contribution is 7.89. The molecule has 0 bridgehead atoms. The minimum atomic E-state index is -4.07. The number of nitrogens with zero attached hydrogens (tertiary/aromatic N) is 1. The summed E-state index contributed by atoms with van der Waals surface area (Å²) in [7, 11) is -4.07. The van der Waals surface area contributed by atoms with Crippen LogP contribution in [-0.4, -0.2) is 18.5 Å². The Labute approximate surface area is 153 Å². The summed E-state index contributed by atoms with van der Waals surface area (Å²) in [5, 5.41) is 19.0. The first kappa shape index (κ1) is 19.5. The van der Waals surface area contributed by atoms with Gasteiger partial charge in [-0.05, 0) is 42.0 Å². The second kappa shape index (κ2) is 8.03. The molecule has 12 heteroatoms. The van der Waals surface area contributed by atoms with Crippen LogP contribution in [0.1, 0.15) is 5.56 Å². The van der Waals surface area contributed by atoms with E-state index in [2.05, 4.69) is 16.2 Å². The van der Waals surface area contributed by atoms with Crippen LogP contribution in [-0.2, 0) is 16.6 Å². The summed E-state index contributed by atoms with van der Waals surface area (Å²) >= 11 is 5.03. The highest BCUT2D eigenvalue weighted by Gasteiger charge is 2.19. The van der Waals surface area contributed by atoms with Gasteiger partial charge in [0.1, 0.15) is 11.5 Å². The van der Waals surface area contributed by atoms with Crippen molar-refractivity contribution >= 4 is 38.7 Å². The van der Waals surface area contributed by atoms with Crippen molar-refractivity contribution in [3.05, 3.63) is 64.0 Å². The third-order valence-corrected chi connectivity index (χ3v) is 4.33. The first-order chi connectivity index (χ1) is 12.2. The molecule has 9 nitrogen and oxygen atoms in total. The molecular formula is C14H14FN5O4S2. The topological polar surface area (TPSA) is 139 Å². The molecule has 0 heterocycles. The number of nitrogens with two attached hydrogens (primary N) is 1. The number of hydrazine groups is 1. The SMILES string of the molecule is NS(=O)(=O)c1ccc(NNC(=S)NCc2ccc(F)cc2)c([N+](=O)[O-])c1. The number of hydrogen-bond acceptors (Lipinski definition) is 6. The van der Waals surface area contributed by atoms with Gasteiger partial charge in [0.05, 0.1) is 9.82 Å². The third kappa shape index (κ3) is 5.34. The molecule has 0 unspecified atom stereocenters. The van der Waals surface area contributed by atoms with E-state index in [4.69, 9.17) is 17.4 Å². The van der Waals surface area contributed by atoms with Gasteiger partial charge >= 0.3 is 0 Å². The van der Waals surface area contributed by atoms with Crippen LogP contribution in [0.3, 0.4) is 0 Å². The van der Waals surface area contributed by atoms with Crippen LogP contribution in [0, 0.1) is 15.9 Å². The molecule has 0 spiro atoms. The molecule has 138 valence electrons. The van der Waals surface area contributed by atoms with Crippen molar-refractivity contribution in [1.29, 1.82) is 0 Å². The molecule has 0 amide bonds. The molecule has 0 aliphatic carbocycles. The van der Waals surface area contributed by atoms with Crippen LogP contribution in [0.5, 0.6) is 0 Å². The third-order valence-electron chi connectivity index (χ3n) is 3.17. The Kier molecular flexibility index (Phi) is 6.02. The molecule has 0 fully saturated rings. The van der Waals surface area contributed by atoms with Gasteiger partial charge in [0.15, 0.2) is 5.11 Å². The summed E-state index contributed by atoms with van der Waals surface area (Å²) in [6.45, 7) is 0.306. The average molecular weight is 399 g/mol. The molecule has 0 aliphatic heterocycles. The molecule has 0 aromatic heterocycles. The minimum absolute atomic E-state index is 0.00617.